The molecule has 162 valence electrons. The molecule has 0 radical (unpaired) electrons. The highest BCUT2D eigenvalue weighted by Gasteiger charge is 2.33. The third-order valence-electron chi connectivity index (χ3n) is 5.67. The van der Waals surface area contributed by atoms with Crippen molar-refractivity contribution in [1.29, 1.82) is 0 Å². The minimum Gasteiger partial charge on any atom is -0.395 e. The smallest absolute Gasteiger partial charge is 0.282 e. The molecule has 2 aromatic heterocycles. The van der Waals surface area contributed by atoms with E-state index in [1.165, 1.54) is 12.3 Å². The zero-order valence-electron chi connectivity index (χ0n) is 17.0. The van der Waals surface area contributed by atoms with E-state index in [4.69, 9.17) is 0 Å². The summed E-state index contributed by atoms with van der Waals surface area (Å²) in [6.45, 7) is 0.137. The molecule has 0 bridgehead atoms. The van der Waals surface area contributed by atoms with Crippen molar-refractivity contribution in [3.63, 3.8) is 0 Å². The maximum Gasteiger partial charge on any atom is 0.282 e. The molecule has 0 saturated heterocycles. The van der Waals surface area contributed by atoms with E-state index >= 15 is 0 Å². The summed E-state index contributed by atoms with van der Waals surface area (Å²) < 4.78 is 27.2. The van der Waals surface area contributed by atoms with E-state index < -0.39 is 15.9 Å². The van der Waals surface area contributed by atoms with E-state index in [1.54, 1.807) is 47.5 Å². The van der Waals surface area contributed by atoms with E-state index in [2.05, 4.69) is 10.1 Å². The Bertz CT molecular complexity index is 1390. The summed E-state index contributed by atoms with van der Waals surface area (Å²) in [5.41, 5.74) is 2.66. The van der Waals surface area contributed by atoms with Crippen LogP contribution in [0.2, 0.25) is 0 Å². The van der Waals surface area contributed by atoms with Gasteiger partial charge >= 0.3 is 0 Å². The highest BCUT2D eigenvalue weighted by Crippen LogP contribution is 2.28. The van der Waals surface area contributed by atoms with Gasteiger partial charge in [-0.15, -0.1) is 0 Å². The van der Waals surface area contributed by atoms with E-state index in [0.717, 1.165) is 15.0 Å². The predicted octanol–water partition coefficient (Wildman–Crippen LogP) is 2.29. The lowest BCUT2D eigenvalue weighted by Gasteiger charge is -2.22. The molecule has 0 saturated carbocycles. The van der Waals surface area contributed by atoms with Gasteiger partial charge in [0.2, 0.25) is 5.91 Å². The van der Waals surface area contributed by atoms with Gasteiger partial charge in [0.1, 0.15) is 0 Å². The number of aromatic nitrogens is 3. The number of carbonyl (C=O) groups excluding carboxylic acids is 1. The Morgan fingerprint density at radius 3 is 2.62 bits per heavy atom. The van der Waals surface area contributed by atoms with Gasteiger partial charge < -0.3 is 10.0 Å². The SMILES string of the molecule is O=C([C@H](CO)c1ccccc1)N1Cc2cn(S(=O)(=O)c3ccc4ncccc4c3)nc2C1. The molecular formula is C23H20N4O4S. The summed E-state index contributed by atoms with van der Waals surface area (Å²) in [5, 5.41) is 14.8. The van der Waals surface area contributed by atoms with Gasteiger partial charge in [-0.3, -0.25) is 9.78 Å². The number of benzene rings is 2. The fourth-order valence-electron chi connectivity index (χ4n) is 3.96. The van der Waals surface area contributed by atoms with Crippen molar-refractivity contribution < 1.29 is 18.3 Å². The molecule has 0 spiro atoms. The number of hydrogen-bond acceptors (Lipinski definition) is 6. The minimum absolute atomic E-state index is 0.122. The summed E-state index contributed by atoms with van der Waals surface area (Å²) in [7, 11) is -3.88. The second-order valence-electron chi connectivity index (χ2n) is 7.68. The van der Waals surface area contributed by atoms with Crippen molar-refractivity contribution in [2.24, 2.45) is 0 Å². The van der Waals surface area contributed by atoms with Crippen LogP contribution in [0.4, 0.5) is 0 Å². The van der Waals surface area contributed by atoms with Crippen LogP contribution in [0.1, 0.15) is 22.7 Å². The first kappa shape index (κ1) is 20.3. The highest BCUT2D eigenvalue weighted by atomic mass is 32.2. The van der Waals surface area contributed by atoms with Gasteiger partial charge in [0, 0.05) is 29.9 Å². The molecule has 1 N–H and O–H groups in total. The quantitative estimate of drug-likeness (QED) is 0.502. The monoisotopic (exact) mass is 448 g/mol. The molecule has 5 rings (SSSR count). The van der Waals surface area contributed by atoms with E-state index in [9.17, 15) is 18.3 Å². The lowest BCUT2D eigenvalue weighted by atomic mass is 9.98. The summed E-state index contributed by atoms with van der Waals surface area (Å²) in [6, 6.07) is 17.4. The third-order valence-corrected chi connectivity index (χ3v) is 7.20. The Hall–Kier alpha value is -3.56. The topological polar surface area (TPSA) is 105 Å². The third kappa shape index (κ3) is 3.45. The molecule has 4 aromatic rings. The zero-order valence-corrected chi connectivity index (χ0v) is 17.8. The summed E-state index contributed by atoms with van der Waals surface area (Å²) in [4.78, 5) is 18.9. The molecule has 9 heteroatoms. The molecular weight excluding hydrogens is 428 g/mol. The molecule has 3 heterocycles. The molecule has 0 unspecified atom stereocenters. The van der Waals surface area contributed by atoms with Gasteiger partial charge in [-0.25, -0.2) is 0 Å². The van der Waals surface area contributed by atoms with Crippen LogP contribution in [-0.4, -0.2) is 45.1 Å². The van der Waals surface area contributed by atoms with Crippen LogP contribution in [0.25, 0.3) is 10.9 Å². The molecule has 0 fully saturated rings. The van der Waals surface area contributed by atoms with Crippen LogP contribution < -0.4 is 0 Å². The predicted molar refractivity (Wildman–Crippen MR) is 117 cm³/mol. The van der Waals surface area contributed by atoms with Gasteiger partial charge in [-0.05, 0) is 29.8 Å². The van der Waals surface area contributed by atoms with Gasteiger partial charge in [-0.2, -0.15) is 17.6 Å². The Labute approximate surface area is 184 Å². The first-order valence-corrected chi connectivity index (χ1v) is 11.5. The van der Waals surface area contributed by atoms with Crippen molar-refractivity contribution in [2.75, 3.05) is 6.61 Å². The number of aliphatic hydroxyl groups is 1. The number of aliphatic hydroxyl groups excluding tert-OH is 1. The Morgan fingerprint density at radius 2 is 1.88 bits per heavy atom. The number of rotatable bonds is 5. The number of nitrogens with zero attached hydrogens (tertiary/aromatic N) is 4. The second kappa shape index (κ2) is 7.85. The summed E-state index contributed by atoms with van der Waals surface area (Å²) >= 11 is 0. The van der Waals surface area contributed by atoms with Crippen LogP contribution in [-0.2, 0) is 27.9 Å². The lowest BCUT2D eigenvalue weighted by Crippen LogP contribution is -2.33. The summed E-state index contributed by atoms with van der Waals surface area (Å²) in [5.74, 6) is -0.879. The Morgan fingerprint density at radius 1 is 1.06 bits per heavy atom. The van der Waals surface area contributed by atoms with Crippen molar-refractivity contribution in [2.45, 2.75) is 23.9 Å². The largest absolute Gasteiger partial charge is 0.395 e. The van der Waals surface area contributed by atoms with Crippen LogP contribution in [0.5, 0.6) is 0 Å². The van der Waals surface area contributed by atoms with E-state index in [0.29, 0.717) is 16.8 Å². The molecule has 1 atom stereocenters. The average molecular weight is 449 g/mol. The highest BCUT2D eigenvalue weighted by molar-refractivity contribution is 7.89. The zero-order chi connectivity index (χ0) is 22.3. The van der Waals surface area contributed by atoms with E-state index in [1.807, 2.05) is 18.2 Å². The van der Waals surface area contributed by atoms with Crippen molar-refractivity contribution >= 4 is 26.8 Å². The van der Waals surface area contributed by atoms with Gasteiger partial charge in [-0.1, -0.05) is 36.4 Å². The average Bonchev–Trinajstić information content (AvgIpc) is 3.40. The number of fused-ring (bicyclic) bond motifs is 2. The van der Waals surface area contributed by atoms with Crippen LogP contribution in [0.15, 0.2) is 78.0 Å². The first-order chi connectivity index (χ1) is 15.5. The maximum atomic E-state index is 13.1. The Balaban J connectivity index is 1.38. The van der Waals surface area contributed by atoms with Gasteiger partial charge in [0.15, 0.2) is 0 Å². The molecule has 1 aliphatic rings. The number of pyridine rings is 1. The lowest BCUT2D eigenvalue weighted by molar-refractivity contribution is -0.134. The number of hydrogen-bond donors (Lipinski definition) is 1. The van der Waals surface area contributed by atoms with Crippen molar-refractivity contribution in [3.05, 3.63) is 89.9 Å². The fraction of sp³-hybridized carbons (Fsp3) is 0.174. The van der Waals surface area contributed by atoms with Crippen molar-refractivity contribution in [3.8, 4) is 0 Å². The van der Waals surface area contributed by atoms with Gasteiger partial charge in [0.05, 0.1) is 35.2 Å². The first-order valence-electron chi connectivity index (χ1n) is 10.1. The normalized spacial score (nSPS) is 14.5. The van der Waals surface area contributed by atoms with Crippen molar-refractivity contribution in [1.82, 2.24) is 19.1 Å². The summed E-state index contributed by atoms with van der Waals surface area (Å²) in [6.07, 6.45) is 3.11. The van der Waals surface area contributed by atoms with Crippen LogP contribution in [0, 0.1) is 0 Å². The second-order valence-corrected chi connectivity index (χ2v) is 9.47. The Kier molecular flexibility index (Phi) is 4.99. The number of carbonyl (C=O) groups is 1. The maximum absolute atomic E-state index is 13.1. The van der Waals surface area contributed by atoms with Crippen LogP contribution in [0.3, 0.4) is 0 Å². The molecule has 0 aliphatic carbocycles. The molecule has 1 amide bonds. The minimum atomic E-state index is -3.88. The molecule has 2 aromatic carbocycles. The molecule has 8 nitrogen and oxygen atoms in total. The fourth-order valence-corrected chi connectivity index (χ4v) is 5.16. The molecule has 32 heavy (non-hydrogen) atoms. The van der Waals surface area contributed by atoms with E-state index in [-0.39, 0.29) is 30.5 Å². The van der Waals surface area contributed by atoms with Gasteiger partial charge in [0.25, 0.3) is 10.0 Å². The number of amides is 1. The standard InChI is InChI=1S/C23H20N4O4S/c28-15-20(16-5-2-1-3-6-16)23(29)26-12-18-13-27(25-22(18)14-26)32(30,31)19-8-9-21-17(11-19)7-4-10-24-21/h1-11,13,20,28H,12,14-15H2/t20-/m1/s1. The molecule has 1 aliphatic heterocycles. The van der Waals surface area contributed by atoms with Crippen LogP contribution >= 0.6 is 0 Å².